The molecule has 3 fully saturated rings. The van der Waals surface area contributed by atoms with E-state index < -0.39 is 116 Å². The number of benzene rings is 2. The van der Waals surface area contributed by atoms with Gasteiger partial charge in [-0.15, -0.1) is 0 Å². The zero-order valence-electron chi connectivity index (χ0n) is 28.5. The van der Waals surface area contributed by atoms with E-state index in [-0.39, 0.29) is 33.8 Å². The minimum Gasteiger partial charge on any atom is -0.508 e. The second-order valence-electron chi connectivity index (χ2n) is 13.1. The van der Waals surface area contributed by atoms with E-state index in [1.807, 2.05) is 0 Å². The highest BCUT2D eigenvalue weighted by Crippen LogP contribution is 2.38. The van der Waals surface area contributed by atoms with E-state index in [0.29, 0.717) is 0 Å². The molecule has 0 spiro atoms. The molecule has 19 nitrogen and oxygen atoms in total. The fraction of sp³-hybridized carbons (Fsp3) is 0.559. The lowest BCUT2D eigenvalue weighted by Crippen LogP contribution is -2.63. The molecule has 3 aromatic rings. The third-order valence-electron chi connectivity index (χ3n) is 9.48. The highest BCUT2D eigenvalue weighted by molar-refractivity contribution is 5.88. The van der Waals surface area contributed by atoms with Gasteiger partial charge >= 0.3 is 0 Å². The number of methoxy groups -OCH3 is 1. The number of aliphatic hydroxyl groups is 8. The summed E-state index contributed by atoms with van der Waals surface area (Å²) in [6, 6.07) is 7.93. The van der Waals surface area contributed by atoms with Crippen LogP contribution in [0.2, 0.25) is 0 Å². The van der Waals surface area contributed by atoms with Crippen molar-refractivity contribution in [3.05, 3.63) is 46.6 Å². The third kappa shape index (κ3) is 7.54. The van der Waals surface area contributed by atoms with Crippen molar-refractivity contribution < 1.29 is 88.6 Å². The molecule has 53 heavy (non-hydrogen) atoms. The molecule has 15 atom stereocenters. The lowest BCUT2D eigenvalue weighted by atomic mass is 9.97. The van der Waals surface area contributed by atoms with Gasteiger partial charge in [-0.25, -0.2) is 0 Å². The Labute approximate surface area is 300 Å². The Morgan fingerprint density at radius 1 is 0.698 bits per heavy atom. The molecule has 3 aliphatic heterocycles. The second-order valence-corrected chi connectivity index (χ2v) is 13.1. The summed E-state index contributed by atoms with van der Waals surface area (Å²) in [6.45, 7) is 2.25. The molecule has 0 radical (unpaired) electrons. The fourth-order valence-electron chi connectivity index (χ4n) is 6.36. The Hall–Kier alpha value is -3.67. The zero-order chi connectivity index (χ0) is 38.5. The van der Waals surface area contributed by atoms with Gasteiger partial charge in [0, 0.05) is 17.7 Å². The molecule has 3 saturated heterocycles. The molecule has 10 N–H and O–H groups in total. The Balaban J connectivity index is 1.19. The number of ether oxygens (including phenoxy) is 7. The summed E-state index contributed by atoms with van der Waals surface area (Å²) in [5, 5.41) is 105. The van der Waals surface area contributed by atoms with E-state index >= 15 is 0 Å². The van der Waals surface area contributed by atoms with E-state index in [1.54, 1.807) is 0 Å². The fourth-order valence-corrected chi connectivity index (χ4v) is 6.36. The van der Waals surface area contributed by atoms with Crippen LogP contribution in [0.1, 0.15) is 13.8 Å². The van der Waals surface area contributed by atoms with E-state index in [4.69, 9.17) is 37.6 Å². The van der Waals surface area contributed by atoms with E-state index in [1.165, 1.54) is 57.4 Å². The summed E-state index contributed by atoms with van der Waals surface area (Å²) in [6.07, 6.45) is -23.6. The number of phenols is 2. The van der Waals surface area contributed by atoms with Crippen molar-refractivity contribution in [1.82, 2.24) is 0 Å². The van der Waals surface area contributed by atoms with Crippen molar-refractivity contribution in [2.24, 2.45) is 0 Å². The van der Waals surface area contributed by atoms with E-state index in [0.717, 1.165) is 0 Å². The number of rotatable bonds is 9. The third-order valence-corrected chi connectivity index (χ3v) is 9.48. The smallest absolute Gasteiger partial charge is 0.239 e. The van der Waals surface area contributed by atoms with Crippen LogP contribution in [0.4, 0.5) is 0 Å². The van der Waals surface area contributed by atoms with Crippen molar-refractivity contribution in [3.63, 3.8) is 0 Å². The van der Waals surface area contributed by atoms with E-state index in [2.05, 4.69) is 0 Å². The van der Waals surface area contributed by atoms with Gasteiger partial charge in [0.15, 0.2) is 18.3 Å². The zero-order valence-corrected chi connectivity index (χ0v) is 28.5. The molecule has 6 rings (SSSR count). The molecule has 1 aromatic heterocycles. The number of hydrogen-bond acceptors (Lipinski definition) is 19. The van der Waals surface area contributed by atoms with Gasteiger partial charge in [0.25, 0.3) is 0 Å². The molecule has 0 bridgehead atoms. The molecule has 0 aliphatic carbocycles. The normalized spacial score (nSPS) is 37.8. The van der Waals surface area contributed by atoms with E-state index in [9.17, 15) is 55.9 Å². The van der Waals surface area contributed by atoms with Crippen molar-refractivity contribution in [1.29, 1.82) is 0 Å². The topological polar surface area (TPSA) is 297 Å². The van der Waals surface area contributed by atoms with Crippen LogP contribution in [-0.2, 0) is 23.7 Å². The van der Waals surface area contributed by atoms with Crippen LogP contribution in [0, 0.1) is 0 Å². The Kier molecular flexibility index (Phi) is 11.5. The monoisotopic (exact) mass is 754 g/mol. The van der Waals surface area contributed by atoms with Crippen LogP contribution in [0.15, 0.2) is 45.6 Å². The maximum atomic E-state index is 13.8. The van der Waals surface area contributed by atoms with Crippen molar-refractivity contribution in [2.75, 3.05) is 13.7 Å². The largest absolute Gasteiger partial charge is 0.508 e. The molecular weight excluding hydrogens is 712 g/mol. The number of aliphatic hydroxyl groups excluding tert-OH is 8. The van der Waals surface area contributed by atoms with Crippen LogP contribution in [0.3, 0.4) is 0 Å². The van der Waals surface area contributed by atoms with Crippen LogP contribution in [0.5, 0.6) is 23.0 Å². The quantitative estimate of drug-likeness (QED) is 0.110. The van der Waals surface area contributed by atoms with Gasteiger partial charge in [-0.2, -0.15) is 0 Å². The predicted molar refractivity (Wildman–Crippen MR) is 175 cm³/mol. The second kappa shape index (κ2) is 15.6. The van der Waals surface area contributed by atoms with Crippen molar-refractivity contribution in [3.8, 4) is 34.3 Å². The maximum absolute atomic E-state index is 13.8. The number of phenolic OH excluding ortho intramolecular Hbond substituents is 2. The van der Waals surface area contributed by atoms with Crippen LogP contribution in [0.25, 0.3) is 22.3 Å². The summed E-state index contributed by atoms with van der Waals surface area (Å²) in [7, 11) is 1.34. The molecule has 19 heteroatoms. The molecule has 0 unspecified atom stereocenters. The summed E-state index contributed by atoms with van der Waals surface area (Å²) in [5.41, 5.74) is -0.794. The minimum absolute atomic E-state index is 0.0994. The molecule has 0 saturated carbocycles. The van der Waals surface area contributed by atoms with Crippen LogP contribution < -0.4 is 14.9 Å². The first-order valence-electron chi connectivity index (χ1n) is 16.6. The summed E-state index contributed by atoms with van der Waals surface area (Å²) < 4.78 is 45.1. The molecule has 2 aromatic carbocycles. The molecular formula is C34H42O19. The van der Waals surface area contributed by atoms with Gasteiger partial charge in [0.2, 0.25) is 17.5 Å². The molecule has 292 valence electrons. The molecule has 4 heterocycles. The Morgan fingerprint density at radius 3 is 2.00 bits per heavy atom. The first-order valence-corrected chi connectivity index (χ1v) is 16.6. The lowest BCUT2D eigenvalue weighted by Gasteiger charge is -2.46. The van der Waals surface area contributed by atoms with Gasteiger partial charge < -0.3 is 88.6 Å². The first-order chi connectivity index (χ1) is 25.1. The van der Waals surface area contributed by atoms with Crippen molar-refractivity contribution >= 4 is 11.0 Å². The van der Waals surface area contributed by atoms with Gasteiger partial charge in [-0.1, -0.05) is 0 Å². The summed E-state index contributed by atoms with van der Waals surface area (Å²) >= 11 is 0. The Morgan fingerprint density at radius 2 is 1.32 bits per heavy atom. The number of fused-ring (bicyclic) bond motifs is 1. The van der Waals surface area contributed by atoms with Crippen molar-refractivity contribution in [2.45, 2.75) is 106 Å². The summed E-state index contributed by atoms with van der Waals surface area (Å²) in [4.78, 5) is 13.8. The predicted octanol–water partition coefficient (Wildman–Crippen LogP) is -2.24. The standard InChI is InChI=1S/C34H42O19/c1-11-20(37)23(40)26(43)33(48-11)52-29-12(2)49-32(28(45)25(29)42)47-10-18-21(38)24(41)27(44)34(51-18)53-31-22(39)19-16(36)8-15(46-3)9-17(19)50-30(31)13-4-6-14(35)7-5-13/h4-9,11-12,18,20-21,23-29,32-38,40-45H,10H2,1-3H3/t11-,12+,18-,20-,21+,23-,24+,25+,26-,27+,28+,29-,32+,33-,34-/m0/s1. The van der Waals surface area contributed by atoms with Crippen LogP contribution >= 0.6 is 0 Å². The Bertz CT molecular complexity index is 1780. The lowest BCUT2D eigenvalue weighted by molar-refractivity contribution is -0.357. The average molecular weight is 755 g/mol. The SMILES string of the molecule is COc1cc(O)c2c(=O)c(O[C@@H]3O[C@@H](CO[C@@H]4O[C@H](C)[C@H](O[C@@H]5O[C@@H](C)[C@H](O)[C@H](O)[C@@H]5O)[C@H](O)[C@H]4O)[C@@H](O)[C@@H](O)[C@H]3O)c(-c3ccc(O)cc3)oc2c1. The van der Waals surface area contributed by atoms with Crippen LogP contribution in [-0.4, -0.2) is 157 Å². The molecule has 3 aliphatic rings. The number of aromatic hydroxyl groups is 2. The summed E-state index contributed by atoms with van der Waals surface area (Å²) in [5.74, 6) is -1.25. The van der Waals surface area contributed by atoms with Gasteiger partial charge in [-0.3, -0.25) is 4.79 Å². The van der Waals surface area contributed by atoms with Gasteiger partial charge in [-0.05, 0) is 38.1 Å². The highest BCUT2D eigenvalue weighted by Gasteiger charge is 2.51. The first kappa shape index (κ1) is 39.0. The minimum atomic E-state index is -1.95. The highest BCUT2D eigenvalue weighted by atomic mass is 16.7. The molecule has 0 amide bonds. The average Bonchev–Trinajstić information content (AvgIpc) is 3.13. The number of hydrogen-bond donors (Lipinski definition) is 10. The van der Waals surface area contributed by atoms with Gasteiger partial charge in [0.1, 0.15) is 89.3 Å². The maximum Gasteiger partial charge on any atom is 0.239 e. The van der Waals surface area contributed by atoms with Gasteiger partial charge in [0.05, 0.1) is 25.9 Å².